The Morgan fingerprint density at radius 1 is 1.28 bits per heavy atom. The molecule has 1 fully saturated rings. The van der Waals surface area contributed by atoms with Crippen LogP contribution in [0.2, 0.25) is 0 Å². The molecule has 3 atom stereocenters. The van der Waals surface area contributed by atoms with Gasteiger partial charge in [-0.2, -0.15) is 0 Å². The molecule has 6 nitrogen and oxygen atoms in total. The molecule has 2 aromatic rings. The molecule has 0 radical (unpaired) electrons. The van der Waals surface area contributed by atoms with Gasteiger partial charge in [0.05, 0.1) is 12.1 Å². The van der Waals surface area contributed by atoms with Crippen LogP contribution in [0.15, 0.2) is 34.9 Å². The Morgan fingerprint density at radius 3 is 2.64 bits per heavy atom. The van der Waals surface area contributed by atoms with Gasteiger partial charge in [-0.15, -0.1) is 0 Å². The van der Waals surface area contributed by atoms with Gasteiger partial charge in [-0.1, -0.05) is 36.7 Å². The quantitative estimate of drug-likeness (QED) is 0.421. The number of hydrogen-bond acceptors (Lipinski definition) is 5. The van der Waals surface area contributed by atoms with Crippen LogP contribution < -0.4 is 15.4 Å². The van der Waals surface area contributed by atoms with Crippen LogP contribution in [0.3, 0.4) is 0 Å². The Morgan fingerprint density at radius 2 is 2.03 bits per heavy atom. The van der Waals surface area contributed by atoms with Gasteiger partial charge < -0.3 is 20.5 Å². The molecular formula is C28H37BrFN3O3. The smallest absolute Gasteiger partial charge is 0.218 e. The molecule has 1 spiro atoms. The van der Waals surface area contributed by atoms with Crippen LogP contribution in [0.4, 0.5) is 4.39 Å². The number of amides is 1. The number of nitrogens with one attached hydrogen (secondary N) is 2. The van der Waals surface area contributed by atoms with Gasteiger partial charge >= 0.3 is 0 Å². The first kappa shape index (κ1) is 27.0. The van der Waals surface area contributed by atoms with E-state index < -0.39 is 12.1 Å². The average Bonchev–Trinajstić information content (AvgIpc) is 2.73. The topological polar surface area (TPSA) is 83.5 Å². The minimum absolute atomic E-state index is 0.0163. The van der Waals surface area contributed by atoms with Gasteiger partial charge in [0.2, 0.25) is 11.8 Å². The highest BCUT2D eigenvalue weighted by molar-refractivity contribution is 9.10. The highest BCUT2D eigenvalue weighted by Gasteiger charge is 2.46. The van der Waals surface area contributed by atoms with Crippen LogP contribution in [0.1, 0.15) is 76.1 Å². The van der Waals surface area contributed by atoms with Crippen molar-refractivity contribution in [3.63, 3.8) is 0 Å². The molecule has 1 amide bonds. The summed E-state index contributed by atoms with van der Waals surface area (Å²) in [6.45, 7) is 8.31. The minimum atomic E-state index is -0.870. The Hall–Kier alpha value is -2.03. The van der Waals surface area contributed by atoms with E-state index in [1.807, 2.05) is 6.20 Å². The molecule has 8 heteroatoms. The van der Waals surface area contributed by atoms with Gasteiger partial charge in [-0.05, 0) is 72.9 Å². The Balaban J connectivity index is 1.51. The molecule has 1 aliphatic carbocycles. The normalized spacial score (nSPS) is 20.1. The summed E-state index contributed by atoms with van der Waals surface area (Å²) in [5.41, 5.74) is 2.82. The summed E-state index contributed by atoms with van der Waals surface area (Å²) in [6.07, 6.45) is 6.22. The standard InChI is InChI=1S/C28H37BrFN3O3/c1-17(34)33-23(11-18-8-20(29)12-21(30)9-18)25(35)16-31-24-14-28(6-5-7-28)36-26-22(24)10-19(15-32-26)13-27(2,3)4/h8-10,12,15,23-25,31,35H,5-7,11,13-14,16H2,1-4H3,(H,33,34)/t23-,24-,25+/m0/s1. The predicted octanol–water partition coefficient (Wildman–Crippen LogP) is 5.02. The molecule has 1 aliphatic heterocycles. The summed E-state index contributed by atoms with van der Waals surface area (Å²) in [7, 11) is 0. The van der Waals surface area contributed by atoms with Crippen molar-refractivity contribution in [3.8, 4) is 5.88 Å². The van der Waals surface area contributed by atoms with Crippen molar-refractivity contribution in [2.75, 3.05) is 6.54 Å². The van der Waals surface area contributed by atoms with Crippen molar-refractivity contribution < 1.29 is 19.0 Å². The maximum Gasteiger partial charge on any atom is 0.218 e. The number of pyridine rings is 1. The molecule has 3 N–H and O–H groups in total. The van der Waals surface area contributed by atoms with Gasteiger partial charge in [0.15, 0.2) is 0 Å². The number of halogens is 2. The van der Waals surface area contributed by atoms with Crippen LogP contribution in [0, 0.1) is 11.2 Å². The Kier molecular flexibility index (Phi) is 8.07. The second-order valence-corrected chi connectivity index (χ2v) is 12.6. The highest BCUT2D eigenvalue weighted by Crippen LogP contribution is 2.48. The zero-order chi connectivity index (χ0) is 26.1. The van der Waals surface area contributed by atoms with Crippen molar-refractivity contribution in [3.05, 3.63) is 57.4 Å². The zero-order valence-electron chi connectivity index (χ0n) is 21.5. The number of aliphatic hydroxyl groups excluding tert-OH is 1. The first-order valence-electron chi connectivity index (χ1n) is 12.7. The fraction of sp³-hybridized carbons (Fsp3) is 0.571. The van der Waals surface area contributed by atoms with E-state index in [-0.39, 0.29) is 35.3 Å². The minimum Gasteiger partial charge on any atom is -0.471 e. The summed E-state index contributed by atoms with van der Waals surface area (Å²) >= 11 is 3.32. The van der Waals surface area contributed by atoms with Crippen LogP contribution in [-0.2, 0) is 17.6 Å². The third-order valence-corrected chi connectivity index (χ3v) is 7.46. The number of rotatable bonds is 8. The lowest BCUT2D eigenvalue weighted by Crippen LogP contribution is -2.52. The molecular weight excluding hydrogens is 525 g/mol. The van der Waals surface area contributed by atoms with E-state index in [0.717, 1.165) is 43.2 Å². The first-order chi connectivity index (χ1) is 16.9. The number of nitrogens with zero attached hydrogens (tertiary/aromatic N) is 1. The largest absolute Gasteiger partial charge is 0.471 e. The number of aliphatic hydroxyl groups is 1. The van der Waals surface area contributed by atoms with Gasteiger partial charge in [-0.3, -0.25) is 4.79 Å². The van der Waals surface area contributed by atoms with E-state index in [0.29, 0.717) is 22.3 Å². The van der Waals surface area contributed by atoms with E-state index in [1.165, 1.54) is 19.1 Å². The van der Waals surface area contributed by atoms with Crippen molar-refractivity contribution in [2.24, 2.45) is 5.41 Å². The van der Waals surface area contributed by atoms with E-state index in [2.05, 4.69) is 58.4 Å². The monoisotopic (exact) mass is 561 g/mol. The fourth-order valence-electron chi connectivity index (χ4n) is 5.28. The molecule has 1 aromatic carbocycles. The summed E-state index contributed by atoms with van der Waals surface area (Å²) in [6, 6.07) is 6.21. The van der Waals surface area contributed by atoms with Crippen molar-refractivity contribution in [2.45, 2.75) is 90.0 Å². The van der Waals surface area contributed by atoms with E-state index in [4.69, 9.17) is 4.74 Å². The lowest BCUT2D eigenvalue weighted by atomic mass is 9.73. The van der Waals surface area contributed by atoms with E-state index >= 15 is 0 Å². The molecule has 1 aromatic heterocycles. The van der Waals surface area contributed by atoms with Gasteiger partial charge in [0, 0.05) is 42.2 Å². The van der Waals surface area contributed by atoms with E-state index in [1.54, 1.807) is 6.07 Å². The maximum atomic E-state index is 13.9. The summed E-state index contributed by atoms with van der Waals surface area (Å²) in [4.78, 5) is 16.6. The molecule has 4 rings (SSSR count). The van der Waals surface area contributed by atoms with Gasteiger partial charge in [0.1, 0.15) is 11.4 Å². The number of aromatic nitrogens is 1. The third kappa shape index (κ3) is 6.84. The van der Waals surface area contributed by atoms with Crippen molar-refractivity contribution >= 4 is 21.8 Å². The fourth-order valence-corrected chi connectivity index (χ4v) is 5.79. The van der Waals surface area contributed by atoms with Crippen molar-refractivity contribution in [1.29, 1.82) is 0 Å². The average molecular weight is 563 g/mol. The number of ether oxygens (including phenoxy) is 1. The van der Waals surface area contributed by atoms with Crippen LogP contribution in [0.25, 0.3) is 0 Å². The predicted molar refractivity (Wildman–Crippen MR) is 141 cm³/mol. The summed E-state index contributed by atoms with van der Waals surface area (Å²) in [5, 5.41) is 17.5. The van der Waals surface area contributed by atoms with Crippen LogP contribution in [0.5, 0.6) is 5.88 Å². The Labute approximate surface area is 221 Å². The number of hydrogen-bond donors (Lipinski definition) is 3. The van der Waals surface area contributed by atoms with Crippen LogP contribution >= 0.6 is 15.9 Å². The zero-order valence-corrected chi connectivity index (χ0v) is 23.1. The second kappa shape index (κ2) is 10.8. The number of benzene rings is 1. The Bertz CT molecular complexity index is 1080. The highest BCUT2D eigenvalue weighted by atomic mass is 79.9. The lowest BCUT2D eigenvalue weighted by molar-refractivity contribution is -0.120. The van der Waals surface area contributed by atoms with Gasteiger partial charge in [0.25, 0.3) is 0 Å². The molecule has 36 heavy (non-hydrogen) atoms. The maximum absolute atomic E-state index is 13.9. The lowest BCUT2D eigenvalue weighted by Gasteiger charge is -2.47. The molecule has 0 unspecified atom stereocenters. The number of carbonyl (C=O) groups excluding carboxylic acids is 1. The molecule has 0 bridgehead atoms. The second-order valence-electron chi connectivity index (χ2n) is 11.6. The molecule has 2 heterocycles. The van der Waals surface area contributed by atoms with Gasteiger partial charge in [-0.25, -0.2) is 9.37 Å². The molecule has 196 valence electrons. The molecule has 1 saturated carbocycles. The summed E-state index contributed by atoms with van der Waals surface area (Å²) in [5.74, 6) is 0.0701. The summed E-state index contributed by atoms with van der Waals surface area (Å²) < 4.78 is 20.9. The van der Waals surface area contributed by atoms with E-state index in [9.17, 15) is 14.3 Å². The SMILES string of the molecule is CC(=O)N[C@@H](Cc1cc(F)cc(Br)c1)[C@H](O)CN[C@H]1CC2(CCC2)Oc2ncc(CC(C)(C)C)cc21. The van der Waals surface area contributed by atoms with Crippen LogP contribution in [-0.4, -0.2) is 40.3 Å². The third-order valence-electron chi connectivity index (χ3n) is 7.00. The van der Waals surface area contributed by atoms with Crippen molar-refractivity contribution in [1.82, 2.24) is 15.6 Å². The molecule has 2 aliphatic rings. The number of carbonyl (C=O) groups is 1. The number of fused-ring (bicyclic) bond motifs is 1. The molecule has 0 saturated heterocycles. The first-order valence-corrected chi connectivity index (χ1v) is 13.5.